The molecule has 0 bridgehead atoms. The Labute approximate surface area is 239 Å². The first kappa shape index (κ1) is 37.0. The summed E-state index contributed by atoms with van der Waals surface area (Å²) in [7, 11) is -4.84. The van der Waals surface area contributed by atoms with E-state index in [2.05, 4.69) is 25.1 Å². The van der Waals surface area contributed by atoms with Crippen LogP contribution in [0, 0.1) is 6.61 Å². The van der Waals surface area contributed by atoms with Crippen molar-refractivity contribution < 1.29 is 67.1 Å². The second-order valence-electron chi connectivity index (χ2n) is 8.54. The molecular weight excluding hydrogens is 495 g/mol. The van der Waals surface area contributed by atoms with Crippen LogP contribution in [0.4, 0.5) is 0 Å². The van der Waals surface area contributed by atoms with Crippen molar-refractivity contribution in [2.75, 3.05) is 0 Å². The fraction of sp³-hybridized carbons (Fsp3) is 0.654. The van der Waals surface area contributed by atoms with E-state index in [0.29, 0.717) is 0 Å². The molecule has 0 radical (unpaired) electrons. The quantitative estimate of drug-likeness (QED) is 0.106. The van der Waals surface area contributed by atoms with Crippen molar-refractivity contribution in [3.8, 4) is 5.75 Å². The minimum atomic E-state index is -4.84. The first-order valence-corrected chi connectivity index (χ1v) is 14.1. The van der Waals surface area contributed by atoms with Crippen LogP contribution in [0.25, 0.3) is 0 Å². The molecule has 0 amide bonds. The first-order chi connectivity index (χ1) is 16.6. The predicted octanol–water partition coefficient (Wildman–Crippen LogP) is 3.30. The molecule has 36 heavy (non-hydrogen) atoms. The van der Waals surface area contributed by atoms with Crippen molar-refractivity contribution in [1.29, 1.82) is 0 Å². The molecule has 10 heteroatoms. The van der Waals surface area contributed by atoms with Gasteiger partial charge >= 0.3 is 41.5 Å². The number of ether oxygens (including phenoxy) is 1. The molecule has 3 N–H and O–H groups in total. The van der Waals surface area contributed by atoms with E-state index in [1.54, 1.807) is 6.61 Å². The van der Waals surface area contributed by atoms with Gasteiger partial charge in [-0.1, -0.05) is 95.8 Å². The summed E-state index contributed by atoms with van der Waals surface area (Å²) >= 11 is 0. The van der Waals surface area contributed by atoms with Crippen molar-refractivity contribution in [2.24, 2.45) is 0 Å². The van der Waals surface area contributed by atoms with Crippen molar-refractivity contribution >= 4 is 22.1 Å². The Hall–Kier alpha value is -1.13. The van der Waals surface area contributed by atoms with Crippen LogP contribution in [0.3, 0.4) is 0 Å². The van der Waals surface area contributed by atoms with E-state index in [4.69, 9.17) is 19.5 Å². The predicted molar refractivity (Wildman–Crippen MR) is 137 cm³/mol. The molecule has 1 aromatic carbocycles. The van der Waals surface area contributed by atoms with Crippen LogP contribution in [0.2, 0.25) is 0 Å². The van der Waals surface area contributed by atoms with Gasteiger partial charge in [-0.25, -0.2) is 0 Å². The van der Waals surface area contributed by atoms with Crippen molar-refractivity contribution in [3.63, 3.8) is 0 Å². The fourth-order valence-corrected chi connectivity index (χ4v) is 4.20. The van der Waals surface area contributed by atoms with Gasteiger partial charge in [-0.05, 0) is 24.5 Å². The summed E-state index contributed by atoms with van der Waals surface area (Å²) in [5, 5.41) is 13.9. The van der Waals surface area contributed by atoms with Gasteiger partial charge in [0.05, 0.1) is 12.2 Å². The Morgan fingerprint density at radius 2 is 1.36 bits per heavy atom. The number of carboxylic acid groups (broad SMARTS) is 2. The standard InChI is InChI=1S/C22H37O.C4H6O7S.Na/c1-3-5-6-7-8-9-10-11-12-13-14-15-18-21-19-16-17-20-22(21)23-4-2;5-3(6)1-2(4(7)8)12(9,10)11;/h4,16-17,19-20H,3,5-15,18H2,1-2H3;2H,1H2,(H,5,6)(H,7,8)(H,9,10,11);/q-1;;+1. The molecule has 1 aromatic rings. The zero-order valence-electron chi connectivity index (χ0n) is 22.2. The third kappa shape index (κ3) is 20.0. The summed E-state index contributed by atoms with van der Waals surface area (Å²) in [5.74, 6) is -2.47. The first-order valence-electron chi connectivity index (χ1n) is 12.6. The Bertz CT molecular complexity index is 814. The zero-order valence-corrected chi connectivity index (χ0v) is 25.0. The van der Waals surface area contributed by atoms with Gasteiger partial charge in [-0.3, -0.25) is 14.1 Å². The van der Waals surface area contributed by atoms with Gasteiger partial charge in [0.2, 0.25) is 0 Å². The number of hydrogen-bond donors (Lipinski definition) is 3. The Kier molecular flexibility index (Phi) is 23.7. The van der Waals surface area contributed by atoms with E-state index >= 15 is 0 Å². The van der Waals surface area contributed by atoms with Gasteiger partial charge in [0.15, 0.2) is 5.25 Å². The number of benzene rings is 1. The van der Waals surface area contributed by atoms with E-state index in [-0.39, 0.29) is 29.6 Å². The smallest absolute Gasteiger partial charge is 0.662 e. The van der Waals surface area contributed by atoms with Crippen molar-refractivity contribution in [1.82, 2.24) is 0 Å². The second kappa shape index (κ2) is 23.0. The number of unbranched alkanes of at least 4 members (excludes halogenated alkanes) is 11. The third-order valence-corrected chi connectivity index (χ3v) is 6.60. The van der Waals surface area contributed by atoms with Gasteiger partial charge in [0.1, 0.15) is 0 Å². The number of carbonyl (C=O) groups is 2. The van der Waals surface area contributed by atoms with Crippen LogP contribution >= 0.6 is 0 Å². The van der Waals surface area contributed by atoms with Crippen molar-refractivity contribution in [3.05, 3.63) is 36.4 Å². The molecule has 8 nitrogen and oxygen atoms in total. The maximum atomic E-state index is 10.2. The Balaban J connectivity index is 0. The topological polar surface area (TPSA) is 138 Å². The molecule has 0 saturated heterocycles. The molecule has 0 fully saturated rings. The molecule has 202 valence electrons. The van der Waals surface area contributed by atoms with E-state index in [1.165, 1.54) is 82.6 Å². The average Bonchev–Trinajstić information content (AvgIpc) is 2.79. The number of aliphatic carboxylic acids is 2. The molecular formula is C26H43NaO8S. The van der Waals surface area contributed by atoms with E-state index in [9.17, 15) is 18.0 Å². The maximum absolute atomic E-state index is 10.2. The zero-order chi connectivity index (χ0) is 26.5. The van der Waals surface area contributed by atoms with Crippen LogP contribution in [-0.4, -0.2) is 40.4 Å². The third-order valence-electron chi connectivity index (χ3n) is 5.51. The normalized spacial score (nSPS) is 11.5. The van der Waals surface area contributed by atoms with E-state index in [1.807, 2.05) is 13.0 Å². The largest absolute Gasteiger partial charge is 1.00 e. The number of hydrogen-bond acceptors (Lipinski definition) is 5. The monoisotopic (exact) mass is 538 g/mol. The molecule has 0 aliphatic carbocycles. The maximum Gasteiger partial charge on any atom is 1.00 e. The molecule has 0 aromatic heterocycles. The molecule has 0 heterocycles. The van der Waals surface area contributed by atoms with Gasteiger partial charge < -0.3 is 14.9 Å². The van der Waals surface area contributed by atoms with Crippen LogP contribution in [0.5, 0.6) is 5.75 Å². The summed E-state index contributed by atoms with van der Waals surface area (Å²) < 4.78 is 34.2. The van der Waals surface area contributed by atoms with Crippen LogP contribution in [0.15, 0.2) is 24.3 Å². The molecule has 1 rings (SSSR count). The Morgan fingerprint density at radius 1 is 0.889 bits per heavy atom. The van der Waals surface area contributed by atoms with Gasteiger partial charge in [-0.15, -0.1) is 0 Å². The van der Waals surface area contributed by atoms with Gasteiger partial charge in [-0.2, -0.15) is 21.9 Å². The summed E-state index contributed by atoms with van der Waals surface area (Å²) in [4.78, 5) is 20.0. The minimum Gasteiger partial charge on any atom is -0.662 e. The van der Waals surface area contributed by atoms with Crippen LogP contribution < -0.4 is 34.3 Å². The number of aryl methyl sites for hydroxylation is 1. The number of rotatable bonds is 19. The SMILES string of the molecule is C[CH-]Oc1ccccc1CCCCCCCCCCCCCC.O=C(O)CC(C(=O)O)S(=O)(=O)O.[Na+]. The second-order valence-corrected chi connectivity index (χ2v) is 10.1. The molecule has 0 spiro atoms. The summed E-state index contributed by atoms with van der Waals surface area (Å²) in [5.41, 5.74) is 1.35. The van der Waals surface area contributed by atoms with Crippen molar-refractivity contribution in [2.45, 2.75) is 109 Å². The van der Waals surface area contributed by atoms with Gasteiger partial charge in [0, 0.05) is 0 Å². The molecule has 0 aliphatic rings. The Morgan fingerprint density at radius 3 is 1.75 bits per heavy atom. The molecule has 0 aliphatic heterocycles. The van der Waals surface area contributed by atoms with Gasteiger partial charge in [0.25, 0.3) is 10.1 Å². The number of carboxylic acids is 2. The summed E-state index contributed by atoms with van der Waals surface area (Å²) in [6, 6.07) is 8.41. The molecule has 1 unspecified atom stereocenters. The minimum absolute atomic E-state index is 0. The molecule has 0 saturated carbocycles. The summed E-state index contributed by atoms with van der Waals surface area (Å²) in [6.07, 6.45) is 16.8. The summed E-state index contributed by atoms with van der Waals surface area (Å²) in [6.45, 7) is 5.98. The average molecular weight is 539 g/mol. The fourth-order valence-electron chi connectivity index (χ4n) is 3.59. The number of para-hydroxylation sites is 1. The van der Waals surface area contributed by atoms with Crippen LogP contribution in [0.1, 0.15) is 103 Å². The van der Waals surface area contributed by atoms with Crippen LogP contribution in [-0.2, 0) is 26.1 Å². The van der Waals surface area contributed by atoms with E-state index in [0.717, 1.165) is 12.2 Å². The van der Waals surface area contributed by atoms with E-state index < -0.39 is 33.7 Å². The molecule has 1 atom stereocenters.